The van der Waals surface area contributed by atoms with Crippen LogP contribution < -0.4 is 0 Å². The van der Waals surface area contributed by atoms with Gasteiger partial charge in [-0.2, -0.15) is 12.4 Å². The van der Waals surface area contributed by atoms with Crippen LogP contribution in [0.2, 0.25) is 0 Å². The van der Waals surface area contributed by atoms with Gasteiger partial charge < -0.3 is 0 Å². The van der Waals surface area contributed by atoms with Crippen molar-refractivity contribution in [3.05, 3.63) is 0 Å². The van der Waals surface area contributed by atoms with Gasteiger partial charge >= 0.3 is 10.5 Å². The normalized spacial score (nSPS) is 44.6. The summed E-state index contributed by atoms with van der Waals surface area (Å²) in [5.74, 6) is 4.30. The van der Waals surface area contributed by atoms with Crippen molar-refractivity contribution < 1.29 is 16.3 Å². The summed E-state index contributed by atoms with van der Waals surface area (Å²) in [6.45, 7) is 0. The summed E-state index contributed by atoms with van der Waals surface area (Å²) in [5.41, 5.74) is 0.126. The van der Waals surface area contributed by atoms with E-state index in [0.717, 1.165) is 37.0 Å². The van der Waals surface area contributed by atoms with Gasteiger partial charge in [-0.15, -0.1) is 0 Å². The second-order valence-electron chi connectivity index (χ2n) is 5.98. The highest BCUT2D eigenvalue weighted by Crippen LogP contribution is 2.59. The van der Waals surface area contributed by atoms with E-state index in [2.05, 4.69) is 3.97 Å². The molecule has 4 rings (SSSR count). The van der Waals surface area contributed by atoms with Crippen molar-refractivity contribution in [1.82, 2.24) is 0 Å². The van der Waals surface area contributed by atoms with Crippen molar-refractivity contribution in [2.24, 2.45) is 23.2 Å². The number of halogens is 1. The molecule has 0 aromatic rings. The Morgan fingerprint density at radius 1 is 1.12 bits per heavy atom. The largest absolute Gasteiger partial charge is 0.445 e. The molecule has 4 fully saturated rings. The van der Waals surface area contributed by atoms with Gasteiger partial charge in [0, 0.05) is 0 Å². The van der Waals surface area contributed by atoms with E-state index in [0.29, 0.717) is 0 Å². The molecular formula is C11H16FO3PS. The average Bonchev–Trinajstić information content (AvgIpc) is 2.11. The molecule has 0 unspecified atom stereocenters. The zero-order chi connectivity index (χ0) is 12.1. The van der Waals surface area contributed by atoms with E-state index < -0.39 is 10.5 Å². The first-order chi connectivity index (χ1) is 7.94. The Labute approximate surface area is 103 Å². The number of rotatable bonds is 3. The molecule has 4 bridgehead atoms. The average molecular weight is 278 g/mol. The Hall–Kier alpha value is 0.01000. The highest BCUT2D eigenvalue weighted by molar-refractivity contribution is 7.84. The Balaban J connectivity index is 1.74. The molecule has 3 nitrogen and oxygen atoms in total. The van der Waals surface area contributed by atoms with Crippen molar-refractivity contribution in [1.29, 1.82) is 0 Å². The van der Waals surface area contributed by atoms with E-state index in [4.69, 9.17) is 0 Å². The second-order valence-corrected chi connectivity index (χ2v) is 7.83. The minimum atomic E-state index is -4.80. The first kappa shape index (κ1) is 12.1. The van der Waals surface area contributed by atoms with Crippen LogP contribution in [0.1, 0.15) is 38.5 Å². The molecule has 0 saturated heterocycles. The third kappa shape index (κ3) is 2.56. The predicted molar refractivity (Wildman–Crippen MR) is 64.7 cm³/mol. The molecular weight excluding hydrogens is 262 g/mol. The fraction of sp³-hybridized carbons (Fsp3) is 0.909. The van der Waals surface area contributed by atoms with Crippen LogP contribution in [-0.2, 0) is 14.5 Å². The van der Waals surface area contributed by atoms with Crippen LogP contribution in [0.3, 0.4) is 0 Å². The number of hydrogen-bond acceptors (Lipinski definition) is 3. The molecule has 0 aromatic heterocycles. The first-order valence-electron chi connectivity index (χ1n) is 6.12. The third-order valence-corrected chi connectivity index (χ3v) is 6.25. The zero-order valence-electron chi connectivity index (χ0n) is 9.51. The summed E-state index contributed by atoms with van der Waals surface area (Å²) in [4.78, 5) is 0. The summed E-state index contributed by atoms with van der Waals surface area (Å²) >= 11 is 0. The quantitative estimate of drug-likeness (QED) is 0.588. The van der Waals surface area contributed by atoms with Gasteiger partial charge in [0.05, 0.1) is 8.43 Å². The summed E-state index contributed by atoms with van der Waals surface area (Å²) < 4.78 is 37.1. The molecule has 4 saturated carbocycles. The molecule has 0 amide bonds. The van der Waals surface area contributed by atoms with Gasteiger partial charge in [0.2, 0.25) is 0 Å². The van der Waals surface area contributed by atoms with Crippen molar-refractivity contribution in [2.75, 3.05) is 0 Å². The van der Waals surface area contributed by atoms with Crippen LogP contribution in [0, 0.1) is 23.2 Å². The molecule has 0 aliphatic heterocycles. The standard InChI is InChI=1S/C11H16FO3PS/c12-17(13,14)15-16-7-11-4-8-1-9(5-11)3-10(2-8)6-11/h7-10H,1-6H2. The molecule has 96 valence electrons. The summed E-state index contributed by atoms with van der Waals surface area (Å²) in [5, 5.41) is 0. The summed E-state index contributed by atoms with van der Waals surface area (Å²) in [7, 11) is -4.65. The maximum Gasteiger partial charge on any atom is 0.445 e. The molecule has 0 atom stereocenters. The molecule has 0 heterocycles. The van der Waals surface area contributed by atoms with Gasteiger partial charge in [-0.05, 0) is 67.5 Å². The molecule has 6 heteroatoms. The Morgan fingerprint density at radius 3 is 2.00 bits per heavy atom. The van der Waals surface area contributed by atoms with Gasteiger partial charge in [-0.1, -0.05) is 3.89 Å². The lowest BCUT2D eigenvalue weighted by molar-refractivity contribution is -0.00860. The molecule has 0 N–H and O–H groups in total. The molecule has 4 aliphatic carbocycles. The van der Waals surface area contributed by atoms with Crippen molar-refractivity contribution in [2.45, 2.75) is 38.5 Å². The van der Waals surface area contributed by atoms with Crippen LogP contribution in [0.4, 0.5) is 3.89 Å². The van der Waals surface area contributed by atoms with E-state index >= 15 is 0 Å². The van der Waals surface area contributed by atoms with Crippen LogP contribution in [0.15, 0.2) is 0 Å². The van der Waals surface area contributed by atoms with Crippen molar-refractivity contribution in [3.63, 3.8) is 0 Å². The molecule has 0 spiro atoms. The topological polar surface area (TPSA) is 43.4 Å². The van der Waals surface area contributed by atoms with Crippen LogP contribution >= 0.6 is 8.43 Å². The van der Waals surface area contributed by atoms with E-state index in [1.807, 2.05) is 5.80 Å². The molecule has 0 aromatic carbocycles. The van der Waals surface area contributed by atoms with Crippen LogP contribution in [0.25, 0.3) is 0 Å². The summed E-state index contributed by atoms with van der Waals surface area (Å²) in [6, 6.07) is 0. The fourth-order valence-corrected chi connectivity index (χ4v) is 5.64. The Bertz CT molecular complexity index is 410. The Kier molecular flexibility index (Phi) is 2.84. The van der Waals surface area contributed by atoms with Gasteiger partial charge in [0.25, 0.3) is 0 Å². The minimum Gasteiger partial charge on any atom is -0.187 e. The SMILES string of the molecule is O=S(=O)(F)OP=CC12CC3CC(CC(C3)C1)C2. The first-order valence-corrected chi connectivity index (χ1v) is 8.31. The fourth-order valence-electron chi connectivity index (χ4n) is 4.52. The van der Waals surface area contributed by atoms with Crippen LogP contribution in [0.5, 0.6) is 0 Å². The molecule has 17 heavy (non-hydrogen) atoms. The Morgan fingerprint density at radius 2 is 1.59 bits per heavy atom. The van der Waals surface area contributed by atoms with E-state index in [9.17, 15) is 12.3 Å². The van der Waals surface area contributed by atoms with E-state index in [-0.39, 0.29) is 13.8 Å². The van der Waals surface area contributed by atoms with Crippen molar-refractivity contribution >= 4 is 24.7 Å². The molecule has 0 radical (unpaired) electrons. The smallest absolute Gasteiger partial charge is 0.187 e. The van der Waals surface area contributed by atoms with Gasteiger partial charge in [0.15, 0.2) is 0 Å². The minimum absolute atomic E-state index is 0.126. The maximum absolute atomic E-state index is 12.3. The summed E-state index contributed by atoms with van der Waals surface area (Å²) in [6.07, 6.45) is 7.44. The lowest BCUT2D eigenvalue weighted by atomic mass is 9.50. The maximum atomic E-state index is 12.3. The number of hydrogen-bond donors (Lipinski definition) is 0. The predicted octanol–water partition coefficient (Wildman–Crippen LogP) is 3.10. The van der Waals surface area contributed by atoms with Gasteiger partial charge in [-0.3, -0.25) is 0 Å². The van der Waals surface area contributed by atoms with Gasteiger partial charge in [0.1, 0.15) is 0 Å². The lowest BCUT2D eigenvalue weighted by Crippen LogP contribution is -2.46. The second kappa shape index (κ2) is 4.01. The monoisotopic (exact) mass is 278 g/mol. The molecule has 4 aliphatic rings. The third-order valence-electron chi connectivity index (χ3n) is 4.54. The lowest BCUT2D eigenvalue weighted by Gasteiger charge is -2.55. The van der Waals surface area contributed by atoms with E-state index in [1.54, 1.807) is 0 Å². The highest BCUT2D eigenvalue weighted by atomic mass is 32.3. The van der Waals surface area contributed by atoms with Crippen LogP contribution in [-0.4, -0.2) is 14.2 Å². The van der Waals surface area contributed by atoms with Gasteiger partial charge in [-0.25, -0.2) is 0 Å². The highest BCUT2D eigenvalue weighted by Gasteiger charge is 2.49. The zero-order valence-corrected chi connectivity index (χ0v) is 11.2. The van der Waals surface area contributed by atoms with Crippen molar-refractivity contribution in [3.8, 4) is 0 Å². The van der Waals surface area contributed by atoms with E-state index in [1.165, 1.54) is 19.3 Å².